The minimum absolute atomic E-state index is 0.0659. The molecule has 19 heavy (non-hydrogen) atoms. The fourth-order valence-electron chi connectivity index (χ4n) is 2.81. The van der Waals surface area contributed by atoms with Gasteiger partial charge in [-0.2, -0.15) is 0 Å². The number of ketones is 1. The van der Waals surface area contributed by atoms with Crippen LogP contribution in [-0.2, 0) is 5.60 Å². The lowest BCUT2D eigenvalue weighted by Crippen LogP contribution is -2.32. The maximum absolute atomic E-state index is 12.3. The van der Waals surface area contributed by atoms with Crippen molar-refractivity contribution in [1.82, 2.24) is 0 Å². The monoisotopic (exact) mass is 272 g/mol. The number of carbonyl (C=O) groups is 1. The highest BCUT2D eigenvalue weighted by atomic mass is 35.5. The van der Waals surface area contributed by atoms with Crippen LogP contribution in [0.5, 0.6) is 0 Å². The summed E-state index contributed by atoms with van der Waals surface area (Å²) in [5.74, 6) is -0.577. The van der Waals surface area contributed by atoms with Gasteiger partial charge in [-0.05, 0) is 23.3 Å². The summed E-state index contributed by atoms with van der Waals surface area (Å²) in [4.78, 5) is 12.3. The third-order valence-corrected chi connectivity index (χ3v) is 4.13. The molecule has 0 saturated carbocycles. The van der Waals surface area contributed by atoms with Crippen molar-refractivity contribution in [1.29, 1.82) is 0 Å². The fraction of sp³-hybridized carbons (Fsp3) is 0.188. The molecule has 3 rings (SSSR count). The Morgan fingerprint density at radius 2 is 1.84 bits per heavy atom. The van der Waals surface area contributed by atoms with E-state index in [-0.39, 0.29) is 5.78 Å². The number of fused-ring (bicyclic) bond motifs is 1. The molecular weight excluding hydrogens is 260 g/mol. The molecule has 1 aliphatic rings. The molecular formula is C16H13ClO2. The van der Waals surface area contributed by atoms with Crippen LogP contribution in [0.2, 0.25) is 5.02 Å². The molecule has 0 saturated heterocycles. The molecule has 0 radical (unpaired) electrons. The van der Waals surface area contributed by atoms with Crippen LogP contribution in [0.3, 0.4) is 0 Å². The molecule has 2 nitrogen and oxygen atoms in total. The van der Waals surface area contributed by atoms with Crippen molar-refractivity contribution in [2.75, 3.05) is 0 Å². The molecule has 1 N–H and O–H groups in total. The first-order valence-electron chi connectivity index (χ1n) is 6.17. The highest BCUT2D eigenvalue weighted by Gasteiger charge is 2.49. The molecule has 2 aromatic carbocycles. The van der Waals surface area contributed by atoms with Crippen LogP contribution in [-0.4, -0.2) is 10.9 Å². The van der Waals surface area contributed by atoms with E-state index in [1.54, 1.807) is 25.1 Å². The van der Waals surface area contributed by atoms with Crippen LogP contribution in [0.1, 0.15) is 28.4 Å². The highest BCUT2D eigenvalue weighted by Crippen LogP contribution is 2.46. The molecule has 0 bridgehead atoms. The topological polar surface area (TPSA) is 37.3 Å². The lowest BCUT2D eigenvalue weighted by atomic mass is 9.82. The number of carbonyl (C=O) groups excluding carboxylic acids is 1. The van der Waals surface area contributed by atoms with Gasteiger partial charge in [0.15, 0.2) is 5.78 Å². The van der Waals surface area contributed by atoms with Gasteiger partial charge in [0.05, 0.1) is 5.92 Å². The van der Waals surface area contributed by atoms with Gasteiger partial charge in [0.25, 0.3) is 0 Å². The average molecular weight is 273 g/mol. The lowest BCUT2D eigenvalue weighted by Gasteiger charge is -2.28. The molecule has 0 spiro atoms. The van der Waals surface area contributed by atoms with Crippen LogP contribution in [0.25, 0.3) is 0 Å². The van der Waals surface area contributed by atoms with Gasteiger partial charge in [-0.1, -0.05) is 54.9 Å². The Hall–Kier alpha value is -1.64. The summed E-state index contributed by atoms with van der Waals surface area (Å²) in [6.45, 7) is 1.75. The van der Waals surface area contributed by atoms with Gasteiger partial charge >= 0.3 is 0 Å². The smallest absolute Gasteiger partial charge is 0.169 e. The molecule has 0 heterocycles. The predicted molar refractivity (Wildman–Crippen MR) is 74.4 cm³/mol. The maximum atomic E-state index is 12.3. The van der Waals surface area contributed by atoms with Crippen molar-refractivity contribution in [3.63, 3.8) is 0 Å². The fourth-order valence-corrected chi connectivity index (χ4v) is 2.98. The lowest BCUT2D eigenvalue weighted by molar-refractivity contribution is 0.0351. The van der Waals surface area contributed by atoms with E-state index < -0.39 is 11.5 Å². The third-order valence-electron chi connectivity index (χ3n) is 3.89. The van der Waals surface area contributed by atoms with Gasteiger partial charge in [0.1, 0.15) is 5.60 Å². The van der Waals surface area contributed by atoms with Crippen LogP contribution in [0, 0.1) is 5.92 Å². The summed E-state index contributed by atoms with van der Waals surface area (Å²) in [7, 11) is 0. The minimum Gasteiger partial charge on any atom is -0.380 e. The van der Waals surface area contributed by atoms with Crippen molar-refractivity contribution in [3.8, 4) is 0 Å². The van der Waals surface area contributed by atoms with E-state index in [0.29, 0.717) is 16.1 Å². The van der Waals surface area contributed by atoms with Crippen molar-refractivity contribution in [2.45, 2.75) is 12.5 Å². The number of halogens is 1. The number of hydrogen-bond acceptors (Lipinski definition) is 2. The van der Waals surface area contributed by atoms with E-state index in [0.717, 1.165) is 5.56 Å². The summed E-state index contributed by atoms with van der Waals surface area (Å²) in [5, 5.41) is 11.6. The first kappa shape index (κ1) is 12.4. The number of benzene rings is 2. The Bertz CT molecular complexity index is 651. The Morgan fingerprint density at radius 3 is 2.53 bits per heavy atom. The highest BCUT2D eigenvalue weighted by molar-refractivity contribution is 6.31. The van der Waals surface area contributed by atoms with Crippen molar-refractivity contribution in [2.24, 2.45) is 5.92 Å². The minimum atomic E-state index is -1.27. The van der Waals surface area contributed by atoms with Gasteiger partial charge in [-0.15, -0.1) is 0 Å². The molecule has 2 atom stereocenters. The van der Waals surface area contributed by atoms with Crippen LogP contribution in [0.15, 0.2) is 48.5 Å². The zero-order valence-corrected chi connectivity index (χ0v) is 11.2. The van der Waals surface area contributed by atoms with Crippen LogP contribution in [0.4, 0.5) is 0 Å². The molecule has 0 fully saturated rings. The second-order valence-corrected chi connectivity index (χ2v) is 5.34. The number of rotatable bonds is 1. The van der Waals surface area contributed by atoms with E-state index in [4.69, 9.17) is 11.6 Å². The molecule has 2 aromatic rings. The number of aliphatic hydroxyl groups is 1. The van der Waals surface area contributed by atoms with E-state index in [2.05, 4.69) is 0 Å². The van der Waals surface area contributed by atoms with Gasteiger partial charge in [0.2, 0.25) is 0 Å². The van der Waals surface area contributed by atoms with E-state index in [9.17, 15) is 9.90 Å². The molecule has 1 aliphatic carbocycles. The van der Waals surface area contributed by atoms with E-state index in [1.807, 2.05) is 30.3 Å². The Balaban J connectivity index is 2.27. The first-order chi connectivity index (χ1) is 9.05. The standard InChI is InChI=1S/C16H13ClO2/c1-10-15(18)13-9-12(17)7-8-14(13)16(10,19)11-5-3-2-4-6-11/h2-10,19H,1H3/t10-,16-/m1/s1. The Labute approximate surface area is 116 Å². The molecule has 3 heteroatoms. The maximum Gasteiger partial charge on any atom is 0.169 e. The largest absolute Gasteiger partial charge is 0.380 e. The third kappa shape index (κ3) is 1.64. The van der Waals surface area contributed by atoms with Gasteiger partial charge in [0, 0.05) is 10.6 Å². The SMILES string of the molecule is C[C@@H]1C(=O)c2cc(Cl)ccc2[C@]1(O)c1ccccc1. The van der Waals surface area contributed by atoms with E-state index in [1.165, 1.54) is 0 Å². The van der Waals surface area contributed by atoms with Gasteiger partial charge < -0.3 is 5.11 Å². The van der Waals surface area contributed by atoms with Gasteiger partial charge in [-0.25, -0.2) is 0 Å². The molecule has 0 aromatic heterocycles. The average Bonchev–Trinajstić information content (AvgIpc) is 2.63. The van der Waals surface area contributed by atoms with E-state index >= 15 is 0 Å². The molecule has 96 valence electrons. The first-order valence-corrected chi connectivity index (χ1v) is 6.55. The summed E-state index contributed by atoms with van der Waals surface area (Å²) in [5.41, 5.74) is 0.627. The summed E-state index contributed by atoms with van der Waals surface area (Å²) in [6, 6.07) is 14.4. The van der Waals surface area contributed by atoms with Crippen LogP contribution >= 0.6 is 11.6 Å². The normalized spacial score (nSPS) is 25.4. The quantitative estimate of drug-likeness (QED) is 0.864. The second kappa shape index (κ2) is 4.19. The summed E-state index contributed by atoms with van der Waals surface area (Å²) >= 11 is 5.94. The number of hydrogen-bond donors (Lipinski definition) is 1. The molecule has 0 unspecified atom stereocenters. The Morgan fingerprint density at radius 1 is 1.16 bits per heavy atom. The molecule has 0 amide bonds. The number of Topliss-reactive ketones (excluding diaryl/α,β-unsaturated/α-hetero) is 1. The molecule has 0 aliphatic heterocycles. The van der Waals surface area contributed by atoms with Crippen molar-refractivity contribution < 1.29 is 9.90 Å². The van der Waals surface area contributed by atoms with Gasteiger partial charge in [-0.3, -0.25) is 4.79 Å². The summed E-state index contributed by atoms with van der Waals surface area (Å²) in [6.07, 6.45) is 0. The van der Waals surface area contributed by atoms with Crippen molar-refractivity contribution in [3.05, 3.63) is 70.2 Å². The predicted octanol–water partition coefficient (Wildman–Crippen LogP) is 3.41. The zero-order valence-electron chi connectivity index (χ0n) is 10.4. The van der Waals surface area contributed by atoms with Crippen LogP contribution < -0.4 is 0 Å². The second-order valence-electron chi connectivity index (χ2n) is 4.91. The Kier molecular flexibility index (Phi) is 2.73. The zero-order chi connectivity index (χ0) is 13.6. The van der Waals surface area contributed by atoms with Crippen molar-refractivity contribution >= 4 is 17.4 Å². The summed E-state index contributed by atoms with van der Waals surface area (Å²) < 4.78 is 0.